The maximum Gasteiger partial charge on any atom is 0.198 e. The molecule has 0 amide bonds. The van der Waals surface area contributed by atoms with Crippen LogP contribution >= 0.6 is 11.6 Å². The number of halogens is 1. The first-order valence-electron chi connectivity index (χ1n) is 5.51. The minimum atomic E-state index is -0.883. The van der Waals surface area contributed by atoms with E-state index in [-0.39, 0.29) is 5.15 Å². The molecule has 0 aromatic carbocycles. The maximum atomic E-state index is 10.2. The third kappa shape index (κ3) is 4.29. The fourth-order valence-electron chi connectivity index (χ4n) is 1.67. The molecule has 1 rings (SSSR count). The number of aliphatic hydroxyl groups is 1. The lowest BCUT2D eigenvalue weighted by atomic mass is 10.1. The van der Waals surface area contributed by atoms with Gasteiger partial charge in [-0.15, -0.1) is 0 Å². The molecule has 1 aromatic rings. The van der Waals surface area contributed by atoms with Crippen molar-refractivity contribution in [2.45, 2.75) is 12.5 Å². The minimum absolute atomic E-state index is 0.238. The number of methoxy groups -OCH3 is 1. The molecular weight excluding hydrogens is 256 g/mol. The molecule has 2 N–H and O–H groups in total. The highest BCUT2D eigenvalue weighted by atomic mass is 35.5. The number of ether oxygens (including phenoxy) is 1. The highest BCUT2D eigenvalue weighted by Gasteiger charge is 2.22. The van der Waals surface area contributed by atoms with Crippen LogP contribution in [-0.2, 0) is 0 Å². The smallest absolute Gasteiger partial charge is 0.198 e. The van der Waals surface area contributed by atoms with Gasteiger partial charge in [0.2, 0.25) is 0 Å². The molecule has 0 fully saturated rings. The zero-order chi connectivity index (χ0) is 13.8. The Morgan fingerprint density at radius 3 is 2.72 bits per heavy atom. The standard InChI is InChI=1S/C11H19ClN4O2/c1-11(17,6-16(2)3)5-13-10-8(18-4)9(12)14-7-15-10/h7,17H,5-6H2,1-4H3,(H,13,14,15). The zero-order valence-electron chi connectivity index (χ0n) is 11.1. The fourth-order valence-corrected chi connectivity index (χ4v) is 1.88. The van der Waals surface area contributed by atoms with E-state index in [4.69, 9.17) is 16.3 Å². The highest BCUT2D eigenvalue weighted by Crippen LogP contribution is 2.28. The third-order valence-corrected chi connectivity index (χ3v) is 2.53. The van der Waals surface area contributed by atoms with Gasteiger partial charge in [0.25, 0.3) is 0 Å². The molecule has 1 atom stereocenters. The average Bonchev–Trinajstić information content (AvgIpc) is 2.24. The number of anilines is 1. The van der Waals surface area contributed by atoms with Gasteiger partial charge in [-0.3, -0.25) is 0 Å². The Morgan fingerprint density at radius 1 is 1.50 bits per heavy atom. The fraction of sp³-hybridized carbons (Fsp3) is 0.636. The van der Waals surface area contributed by atoms with E-state index in [0.29, 0.717) is 24.7 Å². The monoisotopic (exact) mass is 274 g/mol. The van der Waals surface area contributed by atoms with Crippen LogP contribution in [0.25, 0.3) is 0 Å². The highest BCUT2D eigenvalue weighted by molar-refractivity contribution is 6.31. The van der Waals surface area contributed by atoms with Crippen molar-refractivity contribution in [1.29, 1.82) is 0 Å². The lowest BCUT2D eigenvalue weighted by Crippen LogP contribution is -2.43. The molecule has 0 saturated carbocycles. The summed E-state index contributed by atoms with van der Waals surface area (Å²) in [6, 6.07) is 0. The van der Waals surface area contributed by atoms with Gasteiger partial charge < -0.3 is 20.1 Å². The SMILES string of the molecule is COc1c(Cl)ncnc1NCC(C)(O)CN(C)C. The van der Waals surface area contributed by atoms with Crippen LogP contribution in [0, 0.1) is 0 Å². The first kappa shape index (κ1) is 14.9. The van der Waals surface area contributed by atoms with Crippen LogP contribution in [-0.4, -0.2) is 59.9 Å². The summed E-state index contributed by atoms with van der Waals surface area (Å²) in [7, 11) is 5.29. The van der Waals surface area contributed by atoms with Gasteiger partial charge in [-0.2, -0.15) is 0 Å². The molecule has 0 radical (unpaired) electrons. The van der Waals surface area contributed by atoms with Gasteiger partial charge in [-0.05, 0) is 21.0 Å². The number of hydrogen-bond donors (Lipinski definition) is 2. The van der Waals surface area contributed by atoms with E-state index in [9.17, 15) is 5.11 Å². The number of nitrogens with zero attached hydrogens (tertiary/aromatic N) is 3. The topological polar surface area (TPSA) is 70.5 Å². The van der Waals surface area contributed by atoms with Crippen LogP contribution in [0.15, 0.2) is 6.33 Å². The number of rotatable bonds is 6. The van der Waals surface area contributed by atoms with E-state index in [1.165, 1.54) is 13.4 Å². The largest absolute Gasteiger partial charge is 0.490 e. The molecule has 1 unspecified atom stereocenters. The van der Waals surface area contributed by atoms with Crippen LogP contribution in [0.2, 0.25) is 5.15 Å². The molecule has 0 aliphatic rings. The first-order valence-corrected chi connectivity index (χ1v) is 5.89. The van der Waals surface area contributed by atoms with Gasteiger partial charge in [0, 0.05) is 13.1 Å². The second-order valence-electron chi connectivity index (χ2n) is 4.63. The summed E-state index contributed by atoms with van der Waals surface area (Å²) in [6.45, 7) is 2.60. The first-order chi connectivity index (χ1) is 8.35. The van der Waals surface area contributed by atoms with Crippen LogP contribution in [0.5, 0.6) is 5.75 Å². The van der Waals surface area contributed by atoms with Crippen LogP contribution in [0.4, 0.5) is 5.82 Å². The molecule has 0 saturated heterocycles. The van der Waals surface area contributed by atoms with E-state index in [0.717, 1.165) is 0 Å². The quantitative estimate of drug-likeness (QED) is 0.750. The van der Waals surface area contributed by atoms with Gasteiger partial charge in [0.05, 0.1) is 12.7 Å². The predicted octanol–water partition coefficient (Wildman–Crippen LogP) is 0.863. The van der Waals surface area contributed by atoms with Gasteiger partial charge in [0.1, 0.15) is 6.33 Å². The second kappa shape index (κ2) is 6.17. The summed E-state index contributed by atoms with van der Waals surface area (Å²) >= 11 is 5.88. The Hall–Kier alpha value is -1.11. The van der Waals surface area contributed by atoms with E-state index in [2.05, 4.69) is 15.3 Å². The molecule has 1 aromatic heterocycles. The van der Waals surface area contributed by atoms with Crippen molar-refractivity contribution in [3.63, 3.8) is 0 Å². The molecule has 0 aliphatic carbocycles. The van der Waals surface area contributed by atoms with Crippen LogP contribution in [0.3, 0.4) is 0 Å². The van der Waals surface area contributed by atoms with Gasteiger partial charge in [-0.1, -0.05) is 11.6 Å². The Labute approximate surface area is 112 Å². The van der Waals surface area contributed by atoms with E-state index in [1.807, 2.05) is 19.0 Å². The Morgan fingerprint density at radius 2 is 2.17 bits per heavy atom. The number of aromatic nitrogens is 2. The minimum Gasteiger partial charge on any atom is -0.490 e. The normalized spacial score (nSPS) is 14.4. The van der Waals surface area contributed by atoms with Gasteiger partial charge in [0.15, 0.2) is 16.7 Å². The van der Waals surface area contributed by atoms with E-state index < -0.39 is 5.60 Å². The molecular formula is C11H19ClN4O2. The Kier molecular flexibility index (Phi) is 5.13. The molecule has 0 bridgehead atoms. The predicted molar refractivity (Wildman–Crippen MR) is 71.3 cm³/mol. The summed E-state index contributed by atoms with van der Waals surface area (Å²) < 4.78 is 5.11. The van der Waals surface area contributed by atoms with Crippen molar-refractivity contribution >= 4 is 17.4 Å². The molecule has 102 valence electrons. The maximum absolute atomic E-state index is 10.2. The summed E-state index contributed by atoms with van der Waals surface area (Å²) in [5.74, 6) is 0.844. The number of likely N-dealkylation sites (N-methyl/N-ethyl adjacent to an activating group) is 1. The Balaban J connectivity index is 2.71. The molecule has 1 heterocycles. The zero-order valence-corrected chi connectivity index (χ0v) is 11.8. The Bertz CT molecular complexity index is 399. The lowest BCUT2D eigenvalue weighted by molar-refractivity contribution is 0.0458. The average molecular weight is 275 g/mol. The van der Waals surface area contributed by atoms with Crippen molar-refractivity contribution in [2.75, 3.05) is 39.6 Å². The van der Waals surface area contributed by atoms with Gasteiger partial charge >= 0.3 is 0 Å². The van der Waals surface area contributed by atoms with Crippen molar-refractivity contribution in [2.24, 2.45) is 0 Å². The summed E-state index contributed by atoms with van der Waals surface area (Å²) in [4.78, 5) is 9.77. The van der Waals surface area contributed by atoms with E-state index >= 15 is 0 Å². The van der Waals surface area contributed by atoms with Crippen molar-refractivity contribution in [1.82, 2.24) is 14.9 Å². The van der Waals surface area contributed by atoms with Crippen LogP contribution in [0.1, 0.15) is 6.92 Å². The molecule has 0 spiro atoms. The summed E-state index contributed by atoms with van der Waals surface area (Å²) in [5, 5.41) is 13.4. The molecule has 0 aliphatic heterocycles. The van der Waals surface area contributed by atoms with Gasteiger partial charge in [-0.25, -0.2) is 9.97 Å². The molecule has 7 heteroatoms. The number of hydrogen-bond acceptors (Lipinski definition) is 6. The van der Waals surface area contributed by atoms with Crippen molar-refractivity contribution in [3.05, 3.63) is 11.5 Å². The van der Waals surface area contributed by atoms with Crippen molar-refractivity contribution in [3.8, 4) is 5.75 Å². The molecule has 6 nitrogen and oxygen atoms in total. The molecule has 18 heavy (non-hydrogen) atoms. The summed E-state index contributed by atoms with van der Waals surface area (Å²) in [6.07, 6.45) is 1.34. The second-order valence-corrected chi connectivity index (χ2v) is 4.99. The van der Waals surface area contributed by atoms with Crippen molar-refractivity contribution < 1.29 is 9.84 Å². The summed E-state index contributed by atoms with van der Waals surface area (Å²) in [5.41, 5.74) is -0.883. The third-order valence-electron chi connectivity index (χ3n) is 2.26. The lowest BCUT2D eigenvalue weighted by Gasteiger charge is -2.27. The van der Waals surface area contributed by atoms with Crippen LogP contribution < -0.4 is 10.1 Å². The number of nitrogens with one attached hydrogen (secondary N) is 1. The van der Waals surface area contributed by atoms with E-state index in [1.54, 1.807) is 6.92 Å².